The first-order valence-electron chi connectivity index (χ1n) is 5.20. The van der Waals surface area contributed by atoms with Crippen molar-refractivity contribution < 1.29 is 19.7 Å². The van der Waals surface area contributed by atoms with Gasteiger partial charge < -0.3 is 20.7 Å². The summed E-state index contributed by atoms with van der Waals surface area (Å²) in [4.78, 5) is 14.9. The fourth-order valence-corrected chi connectivity index (χ4v) is 1.71. The van der Waals surface area contributed by atoms with Crippen LogP contribution in [0, 0.1) is 0 Å². The zero-order chi connectivity index (χ0) is 13.3. The predicted octanol–water partition coefficient (Wildman–Crippen LogP) is -3.54. The molecular formula is C8H14N6O4. The fraction of sp³-hybridized carbons (Fsp3) is 0.625. The van der Waals surface area contributed by atoms with Gasteiger partial charge >= 0.3 is 5.91 Å². The third-order valence-corrected chi connectivity index (χ3v) is 2.71. The summed E-state index contributed by atoms with van der Waals surface area (Å²) in [6.45, 7) is -0.320. The molecule has 1 aliphatic heterocycles. The second-order valence-corrected chi connectivity index (χ2v) is 3.84. The average molecular weight is 258 g/mol. The van der Waals surface area contributed by atoms with Crippen LogP contribution in [0.3, 0.4) is 0 Å². The Morgan fingerprint density at radius 3 is 2.94 bits per heavy atom. The van der Waals surface area contributed by atoms with E-state index in [4.69, 9.17) is 21.4 Å². The van der Waals surface area contributed by atoms with Crippen LogP contribution in [-0.4, -0.2) is 55.7 Å². The summed E-state index contributed by atoms with van der Waals surface area (Å²) in [5.41, 5.74) is 7.54. The predicted molar refractivity (Wildman–Crippen MR) is 56.7 cm³/mol. The normalized spacial score (nSPS) is 31.6. The number of nitrogens with two attached hydrogens (primary N) is 2. The van der Waals surface area contributed by atoms with Crippen molar-refractivity contribution in [2.24, 2.45) is 11.6 Å². The summed E-state index contributed by atoms with van der Waals surface area (Å²) < 4.78 is 6.48. The molecular weight excluding hydrogens is 244 g/mol. The first-order chi connectivity index (χ1) is 8.58. The molecule has 1 aliphatic rings. The highest BCUT2D eigenvalue weighted by molar-refractivity contribution is 5.89. The van der Waals surface area contributed by atoms with Gasteiger partial charge in [0.2, 0.25) is 5.82 Å². The van der Waals surface area contributed by atoms with E-state index in [0.29, 0.717) is 0 Å². The second kappa shape index (κ2) is 4.96. The molecule has 1 amide bonds. The summed E-state index contributed by atoms with van der Waals surface area (Å²) in [6, 6.07) is -0.740. The van der Waals surface area contributed by atoms with Crippen molar-refractivity contribution in [1.29, 1.82) is 0 Å². The van der Waals surface area contributed by atoms with Crippen LogP contribution in [0.2, 0.25) is 0 Å². The monoisotopic (exact) mass is 258 g/mol. The first kappa shape index (κ1) is 12.9. The number of nitrogens with one attached hydrogen (secondary N) is 1. The lowest BCUT2D eigenvalue weighted by Crippen LogP contribution is -2.41. The Labute approximate surface area is 102 Å². The molecule has 2 heterocycles. The Morgan fingerprint density at radius 1 is 1.67 bits per heavy atom. The topological polar surface area (TPSA) is 162 Å². The van der Waals surface area contributed by atoms with Gasteiger partial charge in [0.25, 0.3) is 0 Å². The van der Waals surface area contributed by atoms with E-state index in [0.717, 1.165) is 4.68 Å². The fourth-order valence-electron chi connectivity index (χ4n) is 1.71. The number of hydrazine groups is 1. The number of hydrogen-bond donors (Lipinski definition) is 5. The van der Waals surface area contributed by atoms with Gasteiger partial charge in [-0.25, -0.2) is 15.5 Å². The number of carbonyl (C=O) groups excluding carboxylic acids is 1. The number of ether oxygens (including phenoxy) is 1. The minimum Gasteiger partial charge on any atom is -0.394 e. The smallest absolute Gasteiger partial charge is 0.304 e. The van der Waals surface area contributed by atoms with Crippen molar-refractivity contribution in [1.82, 2.24) is 20.2 Å². The molecule has 0 radical (unpaired) electrons. The lowest BCUT2D eigenvalue weighted by Gasteiger charge is -2.14. The lowest BCUT2D eigenvalue weighted by atomic mass is 10.1. The van der Waals surface area contributed by atoms with E-state index in [-0.39, 0.29) is 12.4 Å². The van der Waals surface area contributed by atoms with E-state index >= 15 is 0 Å². The maximum atomic E-state index is 11.2. The van der Waals surface area contributed by atoms with Crippen LogP contribution >= 0.6 is 0 Å². The maximum Gasteiger partial charge on any atom is 0.304 e. The Balaban J connectivity index is 2.17. The van der Waals surface area contributed by atoms with Gasteiger partial charge in [-0.05, 0) is 0 Å². The van der Waals surface area contributed by atoms with Crippen LogP contribution in [0.4, 0.5) is 0 Å². The van der Waals surface area contributed by atoms with E-state index in [1.807, 2.05) is 5.43 Å². The van der Waals surface area contributed by atoms with E-state index in [1.54, 1.807) is 0 Å². The minimum absolute atomic E-state index is 0.158. The van der Waals surface area contributed by atoms with Crippen LogP contribution in [0.5, 0.6) is 0 Å². The van der Waals surface area contributed by atoms with Gasteiger partial charge in [-0.1, -0.05) is 0 Å². The number of aliphatic hydroxyl groups excluding tert-OH is 2. The number of amides is 1. The molecule has 1 fully saturated rings. The summed E-state index contributed by atoms with van der Waals surface area (Å²) >= 11 is 0. The molecule has 1 saturated heterocycles. The molecule has 4 atom stereocenters. The summed E-state index contributed by atoms with van der Waals surface area (Å²) in [6.07, 6.45) is -1.44. The van der Waals surface area contributed by atoms with Crippen molar-refractivity contribution in [2.75, 3.05) is 6.61 Å². The molecule has 100 valence electrons. The molecule has 10 nitrogen and oxygen atoms in total. The Bertz CT molecular complexity index is 437. The largest absolute Gasteiger partial charge is 0.394 e. The van der Waals surface area contributed by atoms with Crippen LogP contribution in [0.1, 0.15) is 16.8 Å². The van der Waals surface area contributed by atoms with Gasteiger partial charge in [0.15, 0.2) is 6.23 Å². The molecule has 1 aromatic heterocycles. The number of nitrogen functional groups attached to an aromatic ring is 1. The van der Waals surface area contributed by atoms with E-state index in [1.165, 1.54) is 6.33 Å². The van der Waals surface area contributed by atoms with Crippen molar-refractivity contribution in [2.45, 2.75) is 24.5 Å². The summed E-state index contributed by atoms with van der Waals surface area (Å²) in [5.74, 6) is 4.12. The van der Waals surface area contributed by atoms with Gasteiger partial charge in [0.05, 0.1) is 12.6 Å². The molecule has 0 bridgehead atoms. The van der Waals surface area contributed by atoms with Crippen molar-refractivity contribution in [3.05, 3.63) is 12.2 Å². The third kappa shape index (κ3) is 2.07. The van der Waals surface area contributed by atoms with Gasteiger partial charge in [0, 0.05) is 0 Å². The number of rotatable bonds is 3. The third-order valence-electron chi connectivity index (χ3n) is 2.71. The maximum absolute atomic E-state index is 11.2. The van der Waals surface area contributed by atoms with Gasteiger partial charge in [-0.2, -0.15) is 0 Å². The van der Waals surface area contributed by atoms with E-state index in [9.17, 15) is 9.90 Å². The number of hydrogen-bond acceptors (Lipinski definition) is 8. The number of aliphatic hydroxyl groups is 2. The van der Waals surface area contributed by atoms with Crippen molar-refractivity contribution in [3.63, 3.8) is 0 Å². The van der Waals surface area contributed by atoms with E-state index < -0.39 is 30.4 Å². The van der Waals surface area contributed by atoms with Crippen LogP contribution in [0.15, 0.2) is 6.33 Å². The van der Waals surface area contributed by atoms with Crippen LogP contribution in [0.25, 0.3) is 0 Å². The molecule has 0 aromatic carbocycles. The SMILES string of the molecule is NNC(=O)c1ncn([C@@H]2O[C@H](CO)[C@@H](N)[C@H]2O)n1. The highest BCUT2D eigenvalue weighted by Gasteiger charge is 2.42. The highest BCUT2D eigenvalue weighted by Crippen LogP contribution is 2.27. The number of carbonyl (C=O) groups is 1. The summed E-state index contributed by atoms with van der Waals surface area (Å²) in [7, 11) is 0. The Hall–Kier alpha value is -1.59. The first-order valence-corrected chi connectivity index (χ1v) is 5.20. The van der Waals surface area contributed by atoms with Crippen molar-refractivity contribution in [3.8, 4) is 0 Å². The number of nitrogens with zero attached hydrogens (tertiary/aromatic N) is 3. The van der Waals surface area contributed by atoms with Crippen LogP contribution in [-0.2, 0) is 4.74 Å². The standard InChI is InChI=1S/C8H14N6O4/c9-4-3(1-15)18-8(5(4)16)14-2-11-6(13-14)7(17)12-10/h2-5,8,15-16H,1,9-10H2,(H,12,17)/t3-,4-,5-,8-/m1/s1. The number of aromatic nitrogens is 3. The molecule has 2 rings (SSSR count). The Kier molecular flexibility index (Phi) is 3.54. The molecule has 0 saturated carbocycles. The average Bonchev–Trinajstić information content (AvgIpc) is 2.96. The van der Waals surface area contributed by atoms with Gasteiger partial charge in [0.1, 0.15) is 18.5 Å². The molecule has 10 heteroatoms. The second-order valence-electron chi connectivity index (χ2n) is 3.84. The molecule has 1 aromatic rings. The zero-order valence-corrected chi connectivity index (χ0v) is 9.30. The highest BCUT2D eigenvalue weighted by atomic mass is 16.5. The quantitative estimate of drug-likeness (QED) is 0.211. The van der Waals surface area contributed by atoms with Gasteiger partial charge in [-0.3, -0.25) is 10.2 Å². The zero-order valence-electron chi connectivity index (χ0n) is 9.30. The molecule has 18 heavy (non-hydrogen) atoms. The molecule has 0 spiro atoms. The minimum atomic E-state index is -1.06. The lowest BCUT2D eigenvalue weighted by molar-refractivity contribution is -0.0573. The summed E-state index contributed by atoms with van der Waals surface area (Å²) in [5, 5.41) is 22.7. The van der Waals surface area contributed by atoms with E-state index in [2.05, 4.69) is 10.1 Å². The van der Waals surface area contributed by atoms with Crippen LogP contribution < -0.4 is 17.0 Å². The molecule has 7 N–H and O–H groups in total. The molecule has 0 unspecified atom stereocenters. The molecule has 0 aliphatic carbocycles. The van der Waals surface area contributed by atoms with Crippen molar-refractivity contribution >= 4 is 5.91 Å². The van der Waals surface area contributed by atoms with Gasteiger partial charge in [-0.15, -0.1) is 5.10 Å². The Morgan fingerprint density at radius 2 is 2.39 bits per heavy atom.